The first-order valence-electron chi connectivity index (χ1n) is 11.8. The molecule has 6 atom stereocenters. The third-order valence-electron chi connectivity index (χ3n) is 9.54. The molecule has 0 heterocycles. The fourth-order valence-corrected chi connectivity index (χ4v) is 7.85. The van der Waals surface area contributed by atoms with Crippen LogP contribution in [0, 0.1) is 23.2 Å². The van der Waals surface area contributed by atoms with E-state index in [2.05, 4.69) is 50.2 Å². The number of hydrogen-bond acceptors (Lipinski definition) is 3. The molecule has 0 aliphatic heterocycles. The van der Waals surface area contributed by atoms with Crippen LogP contribution in [0.3, 0.4) is 0 Å². The maximum Gasteiger partial charge on any atom is 0.156 e. The number of anilines is 1. The van der Waals surface area contributed by atoms with E-state index in [-0.39, 0.29) is 5.41 Å². The van der Waals surface area contributed by atoms with E-state index in [9.17, 15) is 9.90 Å². The molecule has 0 saturated heterocycles. The van der Waals surface area contributed by atoms with Crippen LogP contribution in [0.1, 0.15) is 63.4 Å². The molecule has 0 spiro atoms. The van der Waals surface area contributed by atoms with Crippen LogP contribution >= 0.6 is 0 Å². The van der Waals surface area contributed by atoms with Gasteiger partial charge in [-0.15, -0.1) is 0 Å². The quantitative estimate of drug-likeness (QED) is 0.754. The highest BCUT2D eigenvalue weighted by atomic mass is 16.3. The molecule has 158 valence electrons. The van der Waals surface area contributed by atoms with E-state index in [1.165, 1.54) is 28.8 Å². The molecule has 30 heavy (non-hydrogen) atoms. The van der Waals surface area contributed by atoms with Gasteiger partial charge in [-0.3, -0.25) is 4.79 Å². The summed E-state index contributed by atoms with van der Waals surface area (Å²) < 4.78 is 0. The first kappa shape index (κ1) is 18.9. The number of aliphatic hydroxyl groups is 1. The van der Waals surface area contributed by atoms with Gasteiger partial charge in [0.2, 0.25) is 0 Å². The molecule has 1 N–H and O–H groups in total. The van der Waals surface area contributed by atoms with Gasteiger partial charge in [0.25, 0.3) is 0 Å². The lowest BCUT2D eigenvalue weighted by molar-refractivity contribution is -0.114. The number of ketones is 1. The standard InChI is InChI=1S/C27H33NO2/c1-26-15-23(16-4-7-19(8-5-16)28(2)3)25-21-11-9-20(29)12-17(21)6-10-22(25)24(26)13-18-14-27(18,26)30/h4-5,7-8,12,18,22-24,30H,6,9-11,13-15H2,1-3H3/t18-,22-,23+,24-,26-,27-/m0/s1. The fourth-order valence-electron chi connectivity index (χ4n) is 7.85. The number of fused-ring (bicyclic) bond motifs is 6. The third-order valence-corrected chi connectivity index (χ3v) is 9.54. The number of benzene rings is 1. The van der Waals surface area contributed by atoms with Gasteiger partial charge in [-0.1, -0.05) is 24.6 Å². The minimum atomic E-state index is -0.436. The summed E-state index contributed by atoms with van der Waals surface area (Å²) in [4.78, 5) is 14.3. The fraction of sp³-hybridized carbons (Fsp3) is 0.593. The second-order valence-corrected chi connectivity index (χ2v) is 11.0. The van der Waals surface area contributed by atoms with Crippen molar-refractivity contribution in [2.75, 3.05) is 19.0 Å². The highest BCUT2D eigenvalue weighted by Gasteiger charge is 2.74. The molecule has 3 nitrogen and oxygen atoms in total. The molecule has 5 aliphatic rings. The van der Waals surface area contributed by atoms with E-state index in [0.29, 0.717) is 35.9 Å². The minimum Gasteiger partial charge on any atom is -0.389 e. The lowest BCUT2D eigenvalue weighted by Gasteiger charge is -2.53. The summed E-state index contributed by atoms with van der Waals surface area (Å²) in [7, 11) is 4.17. The smallest absolute Gasteiger partial charge is 0.156 e. The second-order valence-electron chi connectivity index (χ2n) is 11.0. The summed E-state index contributed by atoms with van der Waals surface area (Å²) in [6.45, 7) is 2.39. The van der Waals surface area contributed by atoms with Crippen LogP contribution in [0.2, 0.25) is 0 Å². The van der Waals surface area contributed by atoms with Crippen LogP contribution < -0.4 is 4.90 Å². The number of carbonyl (C=O) groups is 1. The molecule has 3 fully saturated rings. The van der Waals surface area contributed by atoms with E-state index in [1.807, 2.05) is 6.08 Å². The summed E-state index contributed by atoms with van der Waals surface area (Å²) in [5.41, 5.74) is 6.64. The maximum absolute atomic E-state index is 12.1. The van der Waals surface area contributed by atoms with E-state index in [4.69, 9.17) is 0 Å². The van der Waals surface area contributed by atoms with Crippen LogP contribution in [-0.4, -0.2) is 30.6 Å². The minimum absolute atomic E-state index is 0.0168. The molecule has 3 heteroatoms. The van der Waals surface area contributed by atoms with E-state index in [0.717, 1.165) is 32.1 Å². The van der Waals surface area contributed by atoms with Crippen LogP contribution in [-0.2, 0) is 4.79 Å². The zero-order valence-corrected chi connectivity index (χ0v) is 18.4. The van der Waals surface area contributed by atoms with Gasteiger partial charge < -0.3 is 10.0 Å². The Morgan fingerprint density at radius 3 is 2.57 bits per heavy atom. The Labute approximate surface area is 179 Å². The maximum atomic E-state index is 12.1. The molecule has 0 bridgehead atoms. The van der Waals surface area contributed by atoms with Crippen LogP contribution in [0.5, 0.6) is 0 Å². The predicted molar refractivity (Wildman–Crippen MR) is 119 cm³/mol. The number of carbonyl (C=O) groups excluding carboxylic acids is 1. The van der Waals surface area contributed by atoms with Crippen molar-refractivity contribution in [2.24, 2.45) is 23.2 Å². The Morgan fingerprint density at radius 2 is 1.83 bits per heavy atom. The molecule has 3 saturated carbocycles. The van der Waals surface area contributed by atoms with Crippen molar-refractivity contribution in [2.45, 2.75) is 63.4 Å². The van der Waals surface area contributed by atoms with Gasteiger partial charge in [0, 0.05) is 37.5 Å². The van der Waals surface area contributed by atoms with Crippen molar-refractivity contribution in [3.05, 3.63) is 52.6 Å². The summed E-state index contributed by atoms with van der Waals surface area (Å²) in [5.74, 6) is 2.35. The molecule has 0 aromatic heterocycles. The molecule has 1 aromatic carbocycles. The van der Waals surface area contributed by atoms with Crippen LogP contribution in [0.25, 0.3) is 0 Å². The average molecular weight is 404 g/mol. The van der Waals surface area contributed by atoms with Crippen molar-refractivity contribution in [3.8, 4) is 0 Å². The lowest BCUT2D eigenvalue weighted by Crippen LogP contribution is -2.47. The number of allylic oxidation sites excluding steroid dienone is 4. The number of nitrogens with zero attached hydrogens (tertiary/aromatic N) is 1. The van der Waals surface area contributed by atoms with Gasteiger partial charge in [-0.05, 0) is 91.2 Å². The molecule has 0 unspecified atom stereocenters. The van der Waals surface area contributed by atoms with Crippen molar-refractivity contribution in [1.82, 2.24) is 0 Å². The van der Waals surface area contributed by atoms with Gasteiger partial charge in [0.1, 0.15) is 0 Å². The van der Waals surface area contributed by atoms with Gasteiger partial charge in [-0.25, -0.2) is 0 Å². The lowest BCUT2D eigenvalue weighted by atomic mass is 9.51. The van der Waals surface area contributed by atoms with Gasteiger partial charge in [-0.2, -0.15) is 0 Å². The monoisotopic (exact) mass is 403 g/mol. The Bertz CT molecular complexity index is 987. The zero-order chi connectivity index (χ0) is 20.8. The molecule has 1 aromatic rings. The SMILES string of the molecule is CN(C)c1ccc([C@H]2C[C@@]3(C)[C@@H](C[C@H]4C[C@]43O)[C@@H]3CCC4=CC(=O)CCC4=C32)cc1. The predicted octanol–water partition coefficient (Wildman–Crippen LogP) is 5.01. The van der Waals surface area contributed by atoms with E-state index < -0.39 is 5.60 Å². The van der Waals surface area contributed by atoms with Gasteiger partial charge in [0.05, 0.1) is 5.60 Å². The van der Waals surface area contributed by atoms with Crippen LogP contribution in [0.4, 0.5) is 5.69 Å². The zero-order valence-electron chi connectivity index (χ0n) is 18.4. The Hall–Kier alpha value is -1.87. The number of hydrogen-bond donors (Lipinski definition) is 1. The number of rotatable bonds is 2. The molecular weight excluding hydrogens is 370 g/mol. The van der Waals surface area contributed by atoms with Crippen LogP contribution in [0.15, 0.2) is 47.1 Å². The van der Waals surface area contributed by atoms with Crippen molar-refractivity contribution in [1.29, 1.82) is 0 Å². The molecular formula is C27H33NO2. The topological polar surface area (TPSA) is 40.5 Å². The Morgan fingerprint density at radius 1 is 1.07 bits per heavy atom. The summed E-state index contributed by atoms with van der Waals surface area (Å²) >= 11 is 0. The third kappa shape index (κ3) is 2.39. The first-order valence-corrected chi connectivity index (χ1v) is 11.8. The summed E-state index contributed by atoms with van der Waals surface area (Å²) in [5, 5.41) is 11.5. The van der Waals surface area contributed by atoms with Gasteiger partial charge in [0.15, 0.2) is 5.78 Å². The Kier molecular flexibility index (Phi) is 3.83. The largest absolute Gasteiger partial charge is 0.389 e. The average Bonchev–Trinajstić information content (AvgIpc) is 3.34. The van der Waals surface area contributed by atoms with Gasteiger partial charge >= 0.3 is 0 Å². The van der Waals surface area contributed by atoms with E-state index >= 15 is 0 Å². The van der Waals surface area contributed by atoms with Crippen molar-refractivity contribution in [3.63, 3.8) is 0 Å². The van der Waals surface area contributed by atoms with Crippen molar-refractivity contribution >= 4 is 11.5 Å². The highest BCUT2D eigenvalue weighted by molar-refractivity contribution is 5.93. The molecule has 5 aliphatic carbocycles. The first-order chi connectivity index (χ1) is 14.3. The molecule has 6 rings (SSSR count). The Balaban J connectivity index is 1.50. The highest BCUT2D eigenvalue weighted by Crippen LogP contribution is 2.75. The summed E-state index contributed by atoms with van der Waals surface area (Å²) in [6.07, 6.45) is 8.95. The van der Waals surface area contributed by atoms with E-state index in [1.54, 1.807) is 5.57 Å². The summed E-state index contributed by atoms with van der Waals surface area (Å²) in [6, 6.07) is 9.09. The normalized spacial score (nSPS) is 41.5. The molecule has 0 radical (unpaired) electrons. The molecule has 0 amide bonds. The van der Waals surface area contributed by atoms with Crippen molar-refractivity contribution < 1.29 is 9.90 Å². The second kappa shape index (κ2) is 6.09.